The molecule has 1 aromatic heterocycles. The van der Waals surface area contributed by atoms with E-state index >= 15 is 0 Å². The minimum atomic E-state index is -0.328. The summed E-state index contributed by atoms with van der Waals surface area (Å²) in [5.74, 6) is 1.99. The van der Waals surface area contributed by atoms with Crippen LogP contribution in [-0.4, -0.2) is 30.9 Å². The van der Waals surface area contributed by atoms with Crippen molar-refractivity contribution in [3.05, 3.63) is 46.3 Å². The van der Waals surface area contributed by atoms with E-state index in [1.54, 1.807) is 12.1 Å². The van der Waals surface area contributed by atoms with E-state index in [1.165, 1.54) is 11.3 Å². The van der Waals surface area contributed by atoms with Gasteiger partial charge in [0.2, 0.25) is 6.79 Å². The van der Waals surface area contributed by atoms with E-state index in [0.717, 1.165) is 11.3 Å². The molecule has 9 heteroatoms. The molecule has 0 spiro atoms. The summed E-state index contributed by atoms with van der Waals surface area (Å²) in [6, 6.07) is 8.77. The van der Waals surface area contributed by atoms with Crippen molar-refractivity contribution < 1.29 is 23.7 Å². The molecule has 5 rings (SSSR count). The third-order valence-electron chi connectivity index (χ3n) is 4.25. The number of thiazole rings is 1. The highest BCUT2D eigenvalue weighted by atomic mass is 35.5. The van der Waals surface area contributed by atoms with Crippen LogP contribution in [0.4, 0.5) is 5.13 Å². The number of halogens is 1. The molecule has 7 nitrogen and oxygen atoms in total. The van der Waals surface area contributed by atoms with Gasteiger partial charge in [-0.05, 0) is 30.3 Å². The van der Waals surface area contributed by atoms with Gasteiger partial charge in [0, 0.05) is 16.5 Å². The minimum Gasteiger partial charge on any atom is -0.486 e. The highest BCUT2D eigenvalue weighted by molar-refractivity contribution is 7.14. The number of nitrogens with zero attached hydrogens (tertiary/aromatic N) is 1. The van der Waals surface area contributed by atoms with Crippen LogP contribution in [0.15, 0.2) is 35.7 Å². The van der Waals surface area contributed by atoms with E-state index in [2.05, 4.69) is 10.3 Å². The maximum atomic E-state index is 12.6. The predicted molar refractivity (Wildman–Crippen MR) is 104 cm³/mol. The first-order chi connectivity index (χ1) is 13.7. The lowest BCUT2D eigenvalue weighted by Gasteiger charge is -2.20. The Balaban J connectivity index is 1.36. The van der Waals surface area contributed by atoms with Gasteiger partial charge in [0.15, 0.2) is 28.1 Å². The van der Waals surface area contributed by atoms with E-state index in [0.29, 0.717) is 51.9 Å². The summed E-state index contributed by atoms with van der Waals surface area (Å²) in [6.07, 6.45) is 0. The van der Waals surface area contributed by atoms with Crippen LogP contribution < -0.4 is 24.3 Å². The average Bonchev–Trinajstić information content (AvgIpc) is 3.36. The molecule has 2 aliphatic rings. The van der Waals surface area contributed by atoms with Gasteiger partial charge in [-0.2, -0.15) is 0 Å². The van der Waals surface area contributed by atoms with Crippen molar-refractivity contribution in [1.82, 2.24) is 4.98 Å². The van der Waals surface area contributed by atoms with Gasteiger partial charge in [-0.1, -0.05) is 11.6 Å². The van der Waals surface area contributed by atoms with Crippen molar-refractivity contribution in [1.29, 1.82) is 0 Å². The number of hydrogen-bond acceptors (Lipinski definition) is 7. The van der Waals surface area contributed by atoms with Gasteiger partial charge < -0.3 is 18.9 Å². The van der Waals surface area contributed by atoms with E-state index in [4.69, 9.17) is 30.5 Å². The number of fused-ring (bicyclic) bond motifs is 2. The molecular weight excluding hydrogens is 404 g/mol. The molecule has 0 atom stereocenters. The quantitative estimate of drug-likeness (QED) is 0.688. The average molecular weight is 417 g/mol. The second kappa shape index (κ2) is 6.88. The van der Waals surface area contributed by atoms with Crippen LogP contribution in [0.5, 0.6) is 23.0 Å². The molecule has 28 heavy (non-hydrogen) atoms. The second-order valence-electron chi connectivity index (χ2n) is 6.04. The summed E-state index contributed by atoms with van der Waals surface area (Å²) in [5.41, 5.74) is 1.98. The fraction of sp³-hybridized carbons (Fsp3) is 0.158. The van der Waals surface area contributed by atoms with Crippen molar-refractivity contribution in [2.45, 2.75) is 0 Å². The number of hydrogen-bond donors (Lipinski definition) is 1. The van der Waals surface area contributed by atoms with Crippen LogP contribution in [-0.2, 0) is 0 Å². The maximum absolute atomic E-state index is 12.6. The first kappa shape index (κ1) is 17.2. The minimum absolute atomic E-state index is 0.218. The lowest BCUT2D eigenvalue weighted by molar-refractivity contribution is 0.102. The van der Waals surface area contributed by atoms with Gasteiger partial charge in [0.25, 0.3) is 5.91 Å². The first-order valence-corrected chi connectivity index (χ1v) is 9.69. The molecular formula is C19H13ClN2O5S. The van der Waals surface area contributed by atoms with Crippen molar-refractivity contribution in [3.8, 4) is 34.3 Å². The van der Waals surface area contributed by atoms with Crippen molar-refractivity contribution in [3.63, 3.8) is 0 Å². The molecule has 2 aliphatic heterocycles. The number of ether oxygens (including phenoxy) is 4. The molecule has 3 aromatic rings. The summed E-state index contributed by atoms with van der Waals surface area (Å²) in [6.45, 7) is 1.06. The zero-order chi connectivity index (χ0) is 19.1. The lowest BCUT2D eigenvalue weighted by atomic mass is 10.1. The number of nitrogens with one attached hydrogen (secondary N) is 1. The molecule has 1 amide bonds. The Morgan fingerprint density at radius 3 is 2.82 bits per heavy atom. The first-order valence-electron chi connectivity index (χ1n) is 8.43. The highest BCUT2D eigenvalue weighted by Gasteiger charge is 2.20. The van der Waals surface area contributed by atoms with E-state index in [1.807, 2.05) is 23.6 Å². The van der Waals surface area contributed by atoms with Gasteiger partial charge in [-0.25, -0.2) is 4.98 Å². The van der Waals surface area contributed by atoms with E-state index in [-0.39, 0.29) is 12.7 Å². The fourth-order valence-electron chi connectivity index (χ4n) is 2.93. The molecule has 3 heterocycles. The Morgan fingerprint density at radius 1 is 1.04 bits per heavy atom. The van der Waals surface area contributed by atoms with Crippen LogP contribution in [0.2, 0.25) is 5.02 Å². The zero-order valence-electron chi connectivity index (χ0n) is 14.4. The maximum Gasteiger partial charge on any atom is 0.257 e. The third-order valence-corrected chi connectivity index (χ3v) is 5.29. The van der Waals surface area contributed by atoms with E-state index < -0.39 is 0 Å². The van der Waals surface area contributed by atoms with Gasteiger partial charge in [-0.15, -0.1) is 11.3 Å². The molecule has 2 aromatic carbocycles. The largest absolute Gasteiger partial charge is 0.486 e. The molecule has 0 saturated carbocycles. The van der Waals surface area contributed by atoms with Crippen molar-refractivity contribution >= 4 is 34.0 Å². The zero-order valence-corrected chi connectivity index (χ0v) is 15.9. The molecule has 0 saturated heterocycles. The molecule has 0 fully saturated rings. The standard InChI is InChI=1S/C19H13ClN2O5S/c20-12-5-11(7-16-17(12)25-4-3-24-16)18(23)22-19-21-13(8-28-19)10-1-2-14-15(6-10)27-9-26-14/h1-2,5-8H,3-4,9H2,(H,21,22,23). The number of carbonyl (C=O) groups excluding carboxylic acids is 1. The molecule has 142 valence electrons. The Morgan fingerprint density at radius 2 is 1.89 bits per heavy atom. The Labute approximate surface area is 168 Å². The Bertz CT molecular complexity index is 1080. The van der Waals surface area contributed by atoms with Crippen LogP contribution in [0.1, 0.15) is 10.4 Å². The van der Waals surface area contributed by atoms with Crippen molar-refractivity contribution in [2.24, 2.45) is 0 Å². The SMILES string of the molecule is O=C(Nc1nc(-c2ccc3c(c2)OCO3)cs1)c1cc(Cl)c2c(c1)OCCO2. The topological polar surface area (TPSA) is 78.9 Å². The normalized spacial score (nSPS) is 14.0. The summed E-state index contributed by atoms with van der Waals surface area (Å²) in [7, 11) is 0. The number of benzene rings is 2. The van der Waals surface area contributed by atoms with Crippen molar-refractivity contribution in [2.75, 3.05) is 25.3 Å². The number of carbonyl (C=O) groups is 1. The number of aromatic nitrogens is 1. The molecule has 1 N–H and O–H groups in total. The third kappa shape index (κ3) is 3.10. The van der Waals surface area contributed by atoms with Gasteiger partial charge in [0.05, 0.1) is 10.7 Å². The smallest absolute Gasteiger partial charge is 0.257 e. The molecule has 0 bridgehead atoms. The van der Waals surface area contributed by atoms with Crippen LogP contribution >= 0.6 is 22.9 Å². The van der Waals surface area contributed by atoms with Crippen LogP contribution in [0.25, 0.3) is 11.3 Å². The highest BCUT2D eigenvalue weighted by Crippen LogP contribution is 2.39. The summed E-state index contributed by atoms with van der Waals surface area (Å²) >= 11 is 7.53. The summed E-state index contributed by atoms with van der Waals surface area (Å²) in [5, 5.41) is 5.47. The predicted octanol–water partition coefficient (Wildman–Crippen LogP) is 4.22. The second-order valence-corrected chi connectivity index (χ2v) is 7.31. The summed E-state index contributed by atoms with van der Waals surface area (Å²) < 4.78 is 21.7. The monoisotopic (exact) mass is 416 g/mol. The van der Waals surface area contributed by atoms with Gasteiger partial charge in [0.1, 0.15) is 13.2 Å². The van der Waals surface area contributed by atoms with Crippen LogP contribution in [0, 0.1) is 0 Å². The Kier molecular flexibility index (Phi) is 4.22. The van der Waals surface area contributed by atoms with E-state index in [9.17, 15) is 4.79 Å². The lowest BCUT2D eigenvalue weighted by Crippen LogP contribution is -2.17. The molecule has 0 radical (unpaired) electrons. The van der Waals surface area contributed by atoms with Gasteiger partial charge >= 0.3 is 0 Å². The van der Waals surface area contributed by atoms with Crippen LogP contribution in [0.3, 0.4) is 0 Å². The molecule has 0 unspecified atom stereocenters. The number of amides is 1. The molecule has 0 aliphatic carbocycles. The number of rotatable bonds is 3. The fourth-order valence-corrected chi connectivity index (χ4v) is 3.91. The summed E-state index contributed by atoms with van der Waals surface area (Å²) in [4.78, 5) is 17.1. The Hall–Kier alpha value is -2.97. The van der Waals surface area contributed by atoms with Gasteiger partial charge in [-0.3, -0.25) is 10.1 Å². The number of anilines is 1.